The Kier molecular flexibility index (Phi) is 10.3. The van der Waals surface area contributed by atoms with Crippen molar-refractivity contribution in [3.8, 4) is 0 Å². The van der Waals surface area contributed by atoms with Crippen molar-refractivity contribution in [3.05, 3.63) is 12.7 Å². The van der Waals surface area contributed by atoms with Gasteiger partial charge in [-0.25, -0.2) is 4.79 Å². The average Bonchev–Trinajstić information content (AvgIpc) is 1.84. The van der Waals surface area contributed by atoms with Crippen molar-refractivity contribution >= 4 is 21.9 Å². The Labute approximate surface area is 82.5 Å². The molecule has 0 aliphatic carbocycles. The van der Waals surface area contributed by atoms with Gasteiger partial charge in [0.1, 0.15) is 0 Å². The van der Waals surface area contributed by atoms with Crippen LogP contribution in [0, 0.1) is 0 Å². The molecule has 3 nitrogen and oxygen atoms in total. The summed E-state index contributed by atoms with van der Waals surface area (Å²) in [6.45, 7) is 4.93. The van der Waals surface area contributed by atoms with E-state index in [-0.39, 0.29) is 5.01 Å². The molecule has 1 unspecified atom stereocenters. The lowest BCUT2D eigenvalue weighted by Crippen LogP contribution is -2.04. The van der Waals surface area contributed by atoms with E-state index in [9.17, 15) is 4.79 Å². The second-order valence-electron chi connectivity index (χ2n) is 2.53. The smallest absolute Gasteiger partial charge is 0.331 e. The highest BCUT2D eigenvalue weighted by molar-refractivity contribution is 9.09. The Balaban J connectivity index is 0. The molecule has 0 amide bonds. The van der Waals surface area contributed by atoms with Crippen molar-refractivity contribution in [1.82, 2.24) is 4.90 Å². The summed E-state index contributed by atoms with van der Waals surface area (Å²) in [7, 11) is 6.00. The van der Waals surface area contributed by atoms with Gasteiger partial charge in [-0.2, -0.15) is 0 Å². The van der Waals surface area contributed by atoms with Gasteiger partial charge in [0.15, 0.2) is 5.01 Å². The molecule has 0 aromatic carbocycles. The van der Waals surface area contributed by atoms with Gasteiger partial charge in [-0.15, -0.1) is 0 Å². The standard InChI is InChI=1S/C5H7BrO2.C3H9N/c1-3-5(7)8-4(2)6;1-4(2)3/h3-4H,1H2,2H3;1-3H3. The Morgan fingerprint density at radius 2 is 1.92 bits per heavy atom. The first kappa shape index (κ1) is 14.2. The van der Waals surface area contributed by atoms with Gasteiger partial charge in [0.25, 0.3) is 0 Å². The zero-order valence-electron chi connectivity index (χ0n) is 8.00. The normalized spacial score (nSPS) is 11.2. The summed E-state index contributed by atoms with van der Waals surface area (Å²) in [6.07, 6.45) is 1.12. The predicted molar refractivity (Wildman–Crippen MR) is 54.3 cm³/mol. The summed E-state index contributed by atoms with van der Waals surface area (Å²) in [5.41, 5.74) is 0. The van der Waals surface area contributed by atoms with Gasteiger partial charge in [-0.05, 0) is 44.0 Å². The first-order chi connectivity index (χ1) is 5.40. The molecule has 0 fully saturated rings. The van der Waals surface area contributed by atoms with E-state index in [1.165, 1.54) is 0 Å². The largest absolute Gasteiger partial charge is 0.448 e. The molecule has 72 valence electrons. The Bertz CT molecular complexity index is 132. The first-order valence-corrected chi connectivity index (χ1v) is 4.39. The van der Waals surface area contributed by atoms with Crippen LogP contribution in [0.3, 0.4) is 0 Å². The number of hydrogen-bond donors (Lipinski definition) is 0. The summed E-state index contributed by atoms with van der Waals surface area (Å²) in [5, 5.41) is -0.229. The van der Waals surface area contributed by atoms with Gasteiger partial charge in [0.2, 0.25) is 0 Å². The first-order valence-electron chi connectivity index (χ1n) is 3.48. The molecule has 0 N–H and O–H groups in total. The zero-order chi connectivity index (χ0) is 10.1. The van der Waals surface area contributed by atoms with Crippen LogP contribution in [-0.4, -0.2) is 37.0 Å². The molecule has 0 aromatic heterocycles. The second-order valence-corrected chi connectivity index (χ2v) is 3.82. The number of carbonyl (C=O) groups is 1. The highest BCUT2D eigenvalue weighted by atomic mass is 79.9. The molecule has 0 heterocycles. The van der Waals surface area contributed by atoms with Crippen LogP contribution in [0.4, 0.5) is 0 Å². The van der Waals surface area contributed by atoms with Crippen LogP contribution in [0.15, 0.2) is 12.7 Å². The van der Waals surface area contributed by atoms with Crippen LogP contribution in [0.25, 0.3) is 0 Å². The van der Waals surface area contributed by atoms with Crippen molar-refractivity contribution < 1.29 is 9.53 Å². The topological polar surface area (TPSA) is 29.5 Å². The van der Waals surface area contributed by atoms with Gasteiger partial charge in [-0.1, -0.05) is 6.58 Å². The van der Waals surface area contributed by atoms with Crippen LogP contribution in [-0.2, 0) is 9.53 Å². The number of nitrogens with zero attached hydrogens (tertiary/aromatic N) is 1. The van der Waals surface area contributed by atoms with Crippen LogP contribution in [0.2, 0.25) is 0 Å². The van der Waals surface area contributed by atoms with E-state index < -0.39 is 5.97 Å². The summed E-state index contributed by atoms with van der Waals surface area (Å²) in [6, 6.07) is 0. The van der Waals surface area contributed by atoms with Gasteiger partial charge < -0.3 is 9.64 Å². The van der Waals surface area contributed by atoms with E-state index in [0.717, 1.165) is 6.08 Å². The van der Waals surface area contributed by atoms with Crippen molar-refractivity contribution in [3.63, 3.8) is 0 Å². The van der Waals surface area contributed by atoms with Gasteiger partial charge in [0.05, 0.1) is 0 Å². The van der Waals surface area contributed by atoms with Gasteiger partial charge in [0, 0.05) is 6.08 Å². The maximum absolute atomic E-state index is 10.3. The average molecular weight is 238 g/mol. The zero-order valence-corrected chi connectivity index (χ0v) is 9.59. The van der Waals surface area contributed by atoms with E-state index in [4.69, 9.17) is 0 Å². The van der Waals surface area contributed by atoms with Crippen LogP contribution in [0.5, 0.6) is 0 Å². The lowest BCUT2D eigenvalue weighted by Gasteiger charge is -2.00. The third-order valence-electron chi connectivity index (χ3n) is 0.445. The minimum Gasteiger partial charge on any atom is -0.448 e. The van der Waals surface area contributed by atoms with E-state index in [1.54, 1.807) is 6.92 Å². The van der Waals surface area contributed by atoms with Crippen LogP contribution >= 0.6 is 15.9 Å². The van der Waals surface area contributed by atoms with Crippen molar-refractivity contribution in [1.29, 1.82) is 0 Å². The molecule has 0 bridgehead atoms. The van der Waals surface area contributed by atoms with E-state index >= 15 is 0 Å². The highest BCUT2D eigenvalue weighted by Crippen LogP contribution is 1.98. The maximum atomic E-state index is 10.3. The summed E-state index contributed by atoms with van der Waals surface area (Å²) < 4.78 is 4.56. The number of carbonyl (C=O) groups excluding carboxylic acids is 1. The fourth-order valence-electron chi connectivity index (χ4n) is 0.208. The lowest BCUT2D eigenvalue weighted by molar-refractivity contribution is -0.138. The fourth-order valence-corrected chi connectivity index (χ4v) is 0.392. The molecule has 0 spiro atoms. The molecule has 0 aliphatic heterocycles. The van der Waals surface area contributed by atoms with Crippen LogP contribution < -0.4 is 0 Å². The molecule has 1 atom stereocenters. The SMILES string of the molecule is C=CC(=O)OC(C)Br.CN(C)C. The quantitative estimate of drug-likeness (QED) is 0.416. The predicted octanol–water partition coefficient (Wildman–Crippen LogP) is 1.63. The van der Waals surface area contributed by atoms with Crippen LogP contribution in [0.1, 0.15) is 6.92 Å². The number of halogens is 1. The molecule has 0 rings (SSSR count). The van der Waals surface area contributed by atoms with E-state index in [0.29, 0.717) is 0 Å². The van der Waals surface area contributed by atoms with Crippen molar-refractivity contribution in [2.24, 2.45) is 0 Å². The number of alkyl halides is 1. The second kappa shape index (κ2) is 8.74. The summed E-state index contributed by atoms with van der Waals surface area (Å²) in [5.74, 6) is -0.408. The molecule has 0 saturated carbocycles. The number of rotatable bonds is 2. The lowest BCUT2D eigenvalue weighted by atomic mass is 10.6. The Morgan fingerprint density at radius 1 is 1.58 bits per heavy atom. The monoisotopic (exact) mass is 237 g/mol. The molecular weight excluding hydrogens is 222 g/mol. The number of hydrogen-bond acceptors (Lipinski definition) is 3. The van der Waals surface area contributed by atoms with E-state index in [1.807, 2.05) is 26.0 Å². The number of ether oxygens (including phenoxy) is 1. The van der Waals surface area contributed by atoms with E-state index in [2.05, 4.69) is 27.2 Å². The molecule has 12 heavy (non-hydrogen) atoms. The molecule has 0 aliphatic rings. The molecule has 0 radical (unpaired) electrons. The maximum Gasteiger partial charge on any atom is 0.331 e. The fraction of sp³-hybridized carbons (Fsp3) is 0.625. The summed E-state index contributed by atoms with van der Waals surface area (Å²) in [4.78, 5) is 12.3. The molecule has 4 heteroatoms. The minimum atomic E-state index is -0.408. The third-order valence-corrected chi connectivity index (χ3v) is 0.632. The Hall–Kier alpha value is -0.350. The summed E-state index contributed by atoms with van der Waals surface area (Å²) >= 11 is 3.02. The molecular formula is C8H16BrNO2. The van der Waals surface area contributed by atoms with Gasteiger partial charge in [-0.3, -0.25) is 0 Å². The Morgan fingerprint density at radius 3 is 2.00 bits per heavy atom. The highest BCUT2D eigenvalue weighted by Gasteiger charge is 1.98. The van der Waals surface area contributed by atoms with Crippen molar-refractivity contribution in [2.45, 2.75) is 11.9 Å². The van der Waals surface area contributed by atoms with Crippen molar-refractivity contribution in [2.75, 3.05) is 21.1 Å². The number of esters is 1. The minimum absolute atomic E-state index is 0.229. The third kappa shape index (κ3) is 22.6. The van der Waals surface area contributed by atoms with Gasteiger partial charge >= 0.3 is 5.97 Å². The molecule has 0 aromatic rings. The molecule has 0 saturated heterocycles.